The van der Waals surface area contributed by atoms with Gasteiger partial charge in [0.15, 0.2) is 0 Å². The van der Waals surface area contributed by atoms with Crippen molar-refractivity contribution in [3.8, 4) is 12.1 Å². The third-order valence-corrected chi connectivity index (χ3v) is 3.40. The molecule has 4 nitrogen and oxygen atoms in total. The van der Waals surface area contributed by atoms with Crippen LogP contribution in [0, 0.1) is 22.7 Å². The Morgan fingerprint density at radius 3 is 1.82 bits per heavy atom. The van der Waals surface area contributed by atoms with Crippen molar-refractivity contribution < 1.29 is 9.53 Å². The van der Waals surface area contributed by atoms with E-state index in [9.17, 15) is 15.3 Å². The quantitative estimate of drug-likeness (QED) is 0.794. The summed E-state index contributed by atoms with van der Waals surface area (Å²) < 4.78 is 5.14. The third kappa shape index (κ3) is 3.20. The molecule has 0 aliphatic carbocycles. The number of benzene rings is 2. The van der Waals surface area contributed by atoms with E-state index in [4.69, 9.17) is 27.9 Å². The molecule has 0 saturated carbocycles. The molecule has 108 valence electrons. The second kappa shape index (κ2) is 6.49. The fraction of sp³-hybridized carbons (Fsp3) is 0.0625. The predicted molar refractivity (Wildman–Crippen MR) is 81.2 cm³/mol. The van der Waals surface area contributed by atoms with Gasteiger partial charge in [-0.05, 0) is 36.4 Å². The highest BCUT2D eigenvalue weighted by atomic mass is 35.5. The van der Waals surface area contributed by atoms with Crippen molar-refractivity contribution in [3.63, 3.8) is 0 Å². The number of rotatable bonds is 3. The van der Waals surface area contributed by atoms with Gasteiger partial charge in [-0.25, -0.2) is 4.79 Å². The maximum absolute atomic E-state index is 12.1. The van der Waals surface area contributed by atoms with Crippen molar-refractivity contribution in [3.05, 3.63) is 69.7 Å². The summed E-state index contributed by atoms with van der Waals surface area (Å²) in [7, 11) is 0. The number of hydrogen-bond donors (Lipinski definition) is 0. The first kappa shape index (κ1) is 15.9. The van der Waals surface area contributed by atoms with Crippen LogP contribution in [0.15, 0.2) is 48.5 Å². The van der Waals surface area contributed by atoms with E-state index in [-0.39, 0.29) is 11.1 Å². The predicted octanol–water partition coefficient (Wildman–Crippen LogP) is 4.09. The third-order valence-electron chi connectivity index (χ3n) is 2.89. The number of halogens is 2. The molecule has 0 unspecified atom stereocenters. The number of nitrogens with zero attached hydrogens (tertiary/aromatic N) is 2. The molecule has 6 heteroatoms. The van der Waals surface area contributed by atoms with Crippen molar-refractivity contribution in [1.82, 2.24) is 0 Å². The van der Waals surface area contributed by atoms with Gasteiger partial charge in [0.25, 0.3) is 0 Å². The van der Waals surface area contributed by atoms with Crippen molar-refractivity contribution >= 4 is 29.2 Å². The van der Waals surface area contributed by atoms with Crippen LogP contribution in [0.5, 0.6) is 0 Å². The summed E-state index contributed by atoms with van der Waals surface area (Å²) in [6.45, 7) is 0. The Labute approximate surface area is 137 Å². The lowest BCUT2D eigenvalue weighted by Gasteiger charge is -2.19. The lowest BCUT2D eigenvalue weighted by Crippen LogP contribution is -2.29. The molecule has 0 heterocycles. The summed E-state index contributed by atoms with van der Waals surface area (Å²) in [4.78, 5) is 12.1. The molecule has 0 aliphatic rings. The average Bonchev–Trinajstić information content (AvgIpc) is 2.54. The fourth-order valence-electron chi connectivity index (χ4n) is 1.73. The molecule has 22 heavy (non-hydrogen) atoms. The Kier molecular flexibility index (Phi) is 4.68. The summed E-state index contributed by atoms with van der Waals surface area (Å²) in [6, 6.07) is 15.4. The number of ether oxygens (including phenoxy) is 1. The lowest BCUT2D eigenvalue weighted by molar-refractivity contribution is 0.0238. The van der Waals surface area contributed by atoms with Gasteiger partial charge >= 0.3 is 11.6 Å². The summed E-state index contributed by atoms with van der Waals surface area (Å²) in [5.41, 5.74) is -1.63. The summed E-state index contributed by atoms with van der Waals surface area (Å²) in [5, 5.41) is 19.6. The van der Waals surface area contributed by atoms with Gasteiger partial charge in [-0.15, -0.1) is 0 Å². The second-order valence-corrected chi connectivity index (χ2v) is 5.18. The van der Waals surface area contributed by atoms with Crippen LogP contribution >= 0.6 is 23.2 Å². The normalized spacial score (nSPS) is 10.4. The first-order valence-electron chi connectivity index (χ1n) is 6.08. The van der Waals surface area contributed by atoms with Gasteiger partial charge in [0.1, 0.15) is 12.1 Å². The molecule has 0 radical (unpaired) electrons. The van der Waals surface area contributed by atoms with Crippen LogP contribution < -0.4 is 0 Å². The first-order valence-corrected chi connectivity index (χ1v) is 6.84. The Morgan fingerprint density at radius 2 is 1.36 bits per heavy atom. The Bertz CT molecular complexity index is 758. The maximum Gasteiger partial charge on any atom is 0.340 e. The monoisotopic (exact) mass is 330 g/mol. The number of carbonyl (C=O) groups excluding carboxylic acids is 1. The van der Waals surface area contributed by atoms with Crippen LogP contribution in [0.2, 0.25) is 10.0 Å². The minimum absolute atomic E-state index is 0.188. The topological polar surface area (TPSA) is 73.9 Å². The summed E-state index contributed by atoms with van der Waals surface area (Å²) >= 11 is 11.5. The zero-order chi connectivity index (χ0) is 16.2. The van der Waals surface area contributed by atoms with Crippen molar-refractivity contribution in [2.75, 3.05) is 0 Å². The van der Waals surface area contributed by atoms with Crippen molar-refractivity contribution in [2.24, 2.45) is 0 Å². The number of hydrogen-bond acceptors (Lipinski definition) is 4. The van der Waals surface area contributed by atoms with Crippen molar-refractivity contribution in [1.29, 1.82) is 10.5 Å². The molecular weight excluding hydrogens is 323 g/mol. The smallest absolute Gasteiger partial charge is 0.340 e. The zero-order valence-electron chi connectivity index (χ0n) is 11.1. The Hall–Kier alpha value is -2.53. The van der Waals surface area contributed by atoms with E-state index in [0.29, 0.717) is 10.0 Å². The molecule has 2 aromatic rings. The van der Waals surface area contributed by atoms with Crippen LogP contribution in [0.4, 0.5) is 0 Å². The summed E-state index contributed by atoms with van der Waals surface area (Å²) in [6.07, 6.45) is 0. The van der Waals surface area contributed by atoms with Gasteiger partial charge in [-0.2, -0.15) is 10.5 Å². The van der Waals surface area contributed by atoms with E-state index in [1.54, 1.807) is 12.1 Å². The second-order valence-electron chi connectivity index (χ2n) is 4.31. The molecule has 0 atom stereocenters. The number of carbonyl (C=O) groups is 1. The fourth-order valence-corrected chi connectivity index (χ4v) is 1.98. The van der Waals surface area contributed by atoms with Gasteiger partial charge in [0.2, 0.25) is 0 Å². The molecule has 2 aromatic carbocycles. The zero-order valence-corrected chi connectivity index (χ0v) is 12.6. The molecule has 0 fully saturated rings. The molecule has 0 amide bonds. The van der Waals surface area contributed by atoms with Gasteiger partial charge in [-0.1, -0.05) is 35.3 Å². The van der Waals surface area contributed by atoms with E-state index < -0.39 is 11.6 Å². The van der Waals surface area contributed by atoms with Crippen LogP contribution in [0.3, 0.4) is 0 Å². The average molecular weight is 331 g/mol. The molecule has 0 aromatic heterocycles. The lowest BCUT2D eigenvalue weighted by atomic mass is 9.96. The van der Waals surface area contributed by atoms with E-state index >= 15 is 0 Å². The first-order chi connectivity index (χ1) is 10.5. The molecular formula is C16H8Cl2N2O2. The SMILES string of the molecule is N#CC(C#N)(OC(=O)c1ccc(Cl)cc1)c1ccc(Cl)cc1. The van der Waals surface area contributed by atoms with Gasteiger partial charge in [0, 0.05) is 15.6 Å². The molecule has 2 rings (SSSR count). The highest BCUT2D eigenvalue weighted by Gasteiger charge is 2.37. The minimum atomic E-state index is -2.04. The van der Waals surface area contributed by atoms with Gasteiger partial charge < -0.3 is 4.74 Å². The van der Waals surface area contributed by atoms with E-state index in [2.05, 4.69) is 0 Å². The maximum atomic E-state index is 12.1. The largest absolute Gasteiger partial charge is 0.422 e. The summed E-state index contributed by atoms with van der Waals surface area (Å²) in [5.74, 6) is -0.797. The van der Waals surface area contributed by atoms with E-state index in [1.807, 2.05) is 0 Å². The van der Waals surface area contributed by atoms with Crippen molar-refractivity contribution in [2.45, 2.75) is 5.60 Å². The van der Waals surface area contributed by atoms with Gasteiger partial charge in [0.05, 0.1) is 5.56 Å². The molecule has 0 N–H and O–H groups in total. The van der Waals surface area contributed by atoms with Crippen LogP contribution in [0.1, 0.15) is 15.9 Å². The van der Waals surface area contributed by atoms with Gasteiger partial charge in [-0.3, -0.25) is 0 Å². The number of nitriles is 2. The van der Waals surface area contributed by atoms with E-state index in [1.165, 1.54) is 48.5 Å². The van der Waals surface area contributed by atoms with E-state index in [0.717, 1.165) is 0 Å². The highest BCUT2D eigenvalue weighted by Crippen LogP contribution is 2.27. The molecule has 0 bridgehead atoms. The molecule has 0 saturated heterocycles. The highest BCUT2D eigenvalue weighted by molar-refractivity contribution is 6.30. The van der Waals surface area contributed by atoms with Crippen LogP contribution in [0.25, 0.3) is 0 Å². The molecule has 0 aliphatic heterocycles. The minimum Gasteiger partial charge on any atom is -0.422 e. The molecule has 0 spiro atoms. The Balaban J connectivity index is 2.35. The Morgan fingerprint density at radius 1 is 0.909 bits per heavy atom. The van der Waals surface area contributed by atoms with Crippen LogP contribution in [-0.2, 0) is 10.3 Å². The number of esters is 1. The standard InChI is InChI=1S/C16H8Cl2N2O2/c17-13-5-1-11(2-6-13)15(21)22-16(9-19,10-20)12-3-7-14(18)8-4-12/h1-8H. The van der Waals surface area contributed by atoms with Crippen LogP contribution in [-0.4, -0.2) is 5.97 Å².